The molecule has 0 saturated heterocycles. The van der Waals surface area contributed by atoms with Gasteiger partial charge in [0.1, 0.15) is 12.2 Å². The Morgan fingerprint density at radius 1 is 1.25 bits per heavy atom. The van der Waals surface area contributed by atoms with Crippen molar-refractivity contribution in [2.45, 2.75) is 31.2 Å². The molecule has 0 radical (unpaired) electrons. The first-order valence-electron chi connectivity index (χ1n) is 7.76. The molecule has 0 spiro atoms. The second-order valence-electron chi connectivity index (χ2n) is 5.91. The minimum absolute atomic E-state index is 0.0692. The Balaban J connectivity index is 1.80. The number of halogens is 1. The van der Waals surface area contributed by atoms with Crippen LogP contribution >= 0.6 is 11.6 Å². The van der Waals surface area contributed by atoms with E-state index in [-0.39, 0.29) is 17.9 Å². The number of amides is 1. The van der Waals surface area contributed by atoms with Crippen LogP contribution in [-0.4, -0.2) is 19.0 Å². The van der Waals surface area contributed by atoms with Gasteiger partial charge in [0.25, 0.3) is 5.91 Å². The fourth-order valence-corrected chi connectivity index (χ4v) is 3.08. The third kappa shape index (κ3) is 3.17. The third-order valence-corrected chi connectivity index (χ3v) is 4.73. The lowest BCUT2D eigenvalue weighted by Crippen LogP contribution is -2.50. The number of carbonyl (C=O) groups is 2. The molecule has 24 heavy (non-hydrogen) atoms. The standard InChI is InChI=1S/C18H18ClNO4/c1-23-16(21)11-15-14(7-10-24-15)17(22)20-18(8-2-9-18)12-3-5-13(19)6-4-12/h3-7,10H,2,8-9,11H2,1H3,(H,20,22). The fourth-order valence-electron chi connectivity index (χ4n) is 2.95. The van der Waals surface area contributed by atoms with E-state index in [2.05, 4.69) is 10.1 Å². The molecule has 0 atom stereocenters. The topological polar surface area (TPSA) is 68.5 Å². The molecule has 1 aliphatic carbocycles. The summed E-state index contributed by atoms with van der Waals surface area (Å²) < 4.78 is 9.90. The maximum Gasteiger partial charge on any atom is 0.313 e. The highest BCUT2D eigenvalue weighted by atomic mass is 35.5. The Kier molecular flexibility index (Phi) is 4.62. The number of carbonyl (C=O) groups excluding carboxylic acids is 2. The molecule has 5 nitrogen and oxygen atoms in total. The van der Waals surface area contributed by atoms with Crippen molar-refractivity contribution in [1.29, 1.82) is 0 Å². The summed E-state index contributed by atoms with van der Waals surface area (Å²) in [5.74, 6) is -0.391. The first-order chi connectivity index (χ1) is 11.5. The summed E-state index contributed by atoms with van der Waals surface area (Å²) in [6, 6.07) is 9.09. The molecule has 0 bridgehead atoms. The average Bonchev–Trinajstić information content (AvgIpc) is 2.99. The second-order valence-corrected chi connectivity index (χ2v) is 6.34. The molecule has 0 unspecified atom stereocenters. The molecule has 1 N–H and O–H groups in total. The molecule has 1 saturated carbocycles. The third-order valence-electron chi connectivity index (χ3n) is 4.48. The highest BCUT2D eigenvalue weighted by molar-refractivity contribution is 6.30. The van der Waals surface area contributed by atoms with Gasteiger partial charge >= 0.3 is 5.97 Å². The molecule has 6 heteroatoms. The number of hydrogen-bond acceptors (Lipinski definition) is 4. The maximum absolute atomic E-state index is 12.7. The maximum atomic E-state index is 12.7. The van der Waals surface area contributed by atoms with E-state index >= 15 is 0 Å². The van der Waals surface area contributed by atoms with E-state index < -0.39 is 5.97 Å². The normalized spacial score (nSPS) is 15.4. The van der Waals surface area contributed by atoms with Crippen molar-refractivity contribution in [2.24, 2.45) is 0 Å². The average molecular weight is 348 g/mol. The summed E-state index contributed by atoms with van der Waals surface area (Å²) in [7, 11) is 1.30. The van der Waals surface area contributed by atoms with Gasteiger partial charge in [-0.2, -0.15) is 0 Å². The number of benzene rings is 1. The molecule has 1 aromatic heterocycles. The highest BCUT2D eigenvalue weighted by Gasteiger charge is 2.40. The molecule has 3 rings (SSSR count). The van der Waals surface area contributed by atoms with Crippen molar-refractivity contribution in [3.8, 4) is 0 Å². The van der Waals surface area contributed by atoms with Gasteiger partial charge in [0.2, 0.25) is 0 Å². The van der Waals surface area contributed by atoms with Crippen LogP contribution in [0, 0.1) is 0 Å². The molecule has 126 valence electrons. The zero-order valence-corrected chi connectivity index (χ0v) is 14.1. The van der Waals surface area contributed by atoms with Crippen LogP contribution in [0.3, 0.4) is 0 Å². The van der Waals surface area contributed by atoms with E-state index in [0.29, 0.717) is 16.3 Å². The molecule has 1 aliphatic rings. The first-order valence-corrected chi connectivity index (χ1v) is 8.13. The predicted molar refractivity (Wildman–Crippen MR) is 88.9 cm³/mol. The lowest BCUT2D eigenvalue weighted by atomic mass is 9.71. The van der Waals surface area contributed by atoms with Gasteiger partial charge in [-0.3, -0.25) is 9.59 Å². The number of hydrogen-bond donors (Lipinski definition) is 1. The lowest BCUT2D eigenvalue weighted by molar-refractivity contribution is -0.140. The lowest BCUT2D eigenvalue weighted by Gasteiger charge is -2.43. The minimum atomic E-state index is -0.449. The summed E-state index contributed by atoms with van der Waals surface area (Å²) in [5, 5.41) is 3.77. The van der Waals surface area contributed by atoms with Gasteiger partial charge in [-0.15, -0.1) is 0 Å². The van der Waals surface area contributed by atoms with Crippen molar-refractivity contribution in [3.05, 3.63) is 58.5 Å². The van der Waals surface area contributed by atoms with Crippen LogP contribution in [-0.2, 0) is 21.5 Å². The SMILES string of the molecule is COC(=O)Cc1occc1C(=O)NC1(c2ccc(Cl)cc2)CCC1. The highest BCUT2D eigenvalue weighted by Crippen LogP contribution is 2.41. The second kappa shape index (κ2) is 6.69. The first kappa shape index (κ1) is 16.6. The smallest absolute Gasteiger partial charge is 0.313 e. The number of esters is 1. The van der Waals surface area contributed by atoms with Gasteiger partial charge in [-0.05, 0) is 43.0 Å². The van der Waals surface area contributed by atoms with Crippen molar-refractivity contribution in [3.63, 3.8) is 0 Å². The van der Waals surface area contributed by atoms with E-state index in [1.165, 1.54) is 13.4 Å². The zero-order chi connectivity index (χ0) is 17.2. The number of rotatable bonds is 5. The summed E-state index contributed by atoms with van der Waals surface area (Å²) in [6.45, 7) is 0. The van der Waals surface area contributed by atoms with E-state index in [9.17, 15) is 9.59 Å². The van der Waals surface area contributed by atoms with Crippen molar-refractivity contribution >= 4 is 23.5 Å². The minimum Gasteiger partial charge on any atom is -0.469 e. The predicted octanol–water partition coefficient (Wildman–Crippen LogP) is 3.46. The van der Waals surface area contributed by atoms with Crippen LogP contribution in [0.5, 0.6) is 0 Å². The van der Waals surface area contributed by atoms with E-state index in [0.717, 1.165) is 24.8 Å². The monoisotopic (exact) mass is 347 g/mol. The van der Waals surface area contributed by atoms with Gasteiger partial charge in [0.15, 0.2) is 0 Å². The molecule has 1 aromatic carbocycles. The molecular weight excluding hydrogens is 330 g/mol. The summed E-state index contributed by atoms with van der Waals surface area (Å²) in [4.78, 5) is 24.1. The number of nitrogens with one attached hydrogen (secondary N) is 1. The Morgan fingerprint density at radius 3 is 2.54 bits per heavy atom. The zero-order valence-electron chi connectivity index (χ0n) is 13.3. The molecular formula is C18H18ClNO4. The van der Waals surface area contributed by atoms with Crippen LogP contribution in [0.2, 0.25) is 5.02 Å². The van der Waals surface area contributed by atoms with Crippen LogP contribution in [0.25, 0.3) is 0 Å². The summed E-state index contributed by atoms with van der Waals surface area (Å²) in [6.07, 6.45) is 4.11. The van der Waals surface area contributed by atoms with Crippen LogP contribution in [0.4, 0.5) is 0 Å². The van der Waals surface area contributed by atoms with Crippen molar-refractivity contribution in [1.82, 2.24) is 5.32 Å². The Morgan fingerprint density at radius 2 is 1.96 bits per heavy atom. The van der Waals surface area contributed by atoms with Gasteiger partial charge in [-0.1, -0.05) is 23.7 Å². The number of ether oxygens (including phenoxy) is 1. The number of methoxy groups -OCH3 is 1. The van der Waals surface area contributed by atoms with E-state index in [4.69, 9.17) is 16.0 Å². The van der Waals surface area contributed by atoms with Gasteiger partial charge in [0.05, 0.1) is 24.5 Å². The quantitative estimate of drug-likeness (QED) is 0.841. The molecule has 0 aliphatic heterocycles. The van der Waals surface area contributed by atoms with E-state index in [1.54, 1.807) is 6.07 Å². The Bertz CT molecular complexity index is 747. The van der Waals surface area contributed by atoms with Gasteiger partial charge < -0.3 is 14.5 Å². The molecule has 2 aromatic rings. The Hall–Kier alpha value is -2.27. The summed E-state index contributed by atoms with van der Waals surface area (Å²) in [5.41, 5.74) is 1.01. The van der Waals surface area contributed by atoms with Crippen LogP contribution < -0.4 is 5.32 Å². The fraction of sp³-hybridized carbons (Fsp3) is 0.333. The van der Waals surface area contributed by atoms with E-state index in [1.807, 2.05) is 24.3 Å². The summed E-state index contributed by atoms with van der Waals surface area (Å²) >= 11 is 5.95. The van der Waals surface area contributed by atoms with Gasteiger partial charge in [-0.25, -0.2) is 0 Å². The molecule has 1 amide bonds. The van der Waals surface area contributed by atoms with Crippen molar-refractivity contribution in [2.75, 3.05) is 7.11 Å². The number of furan rings is 1. The van der Waals surface area contributed by atoms with Crippen LogP contribution in [0.15, 0.2) is 41.0 Å². The van der Waals surface area contributed by atoms with Crippen LogP contribution in [0.1, 0.15) is 40.9 Å². The van der Waals surface area contributed by atoms with Crippen molar-refractivity contribution < 1.29 is 18.7 Å². The Labute approximate surface area is 144 Å². The molecule has 1 heterocycles. The largest absolute Gasteiger partial charge is 0.469 e. The molecule has 1 fully saturated rings. The van der Waals surface area contributed by atoms with Gasteiger partial charge in [0, 0.05) is 5.02 Å².